The molecule has 0 aliphatic carbocycles. The third kappa shape index (κ3) is 3.28. The molecule has 0 saturated carbocycles. The van der Waals surface area contributed by atoms with Crippen LogP contribution in [-0.2, 0) is 30.3 Å². The van der Waals surface area contributed by atoms with E-state index in [0.717, 1.165) is 5.56 Å². The molecule has 138 valence electrons. The van der Waals surface area contributed by atoms with Crippen molar-refractivity contribution in [2.24, 2.45) is 0 Å². The summed E-state index contributed by atoms with van der Waals surface area (Å²) in [4.78, 5) is 11.4. The monoisotopic (exact) mass is 356 g/mol. The fraction of sp³-hybridized carbons (Fsp3) is 0.611. The van der Waals surface area contributed by atoms with Crippen LogP contribution in [0.25, 0.3) is 0 Å². The number of halogens is 2. The van der Waals surface area contributed by atoms with Gasteiger partial charge in [0.25, 0.3) is 0 Å². The van der Waals surface area contributed by atoms with Gasteiger partial charge in [-0.1, -0.05) is 30.3 Å². The molecule has 2 bridgehead atoms. The van der Waals surface area contributed by atoms with Gasteiger partial charge in [0.2, 0.25) is 5.79 Å². The first-order chi connectivity index (χ1) is 11.9. The molecule has 3 rings (SSSR count). The molecule has 2 aliphatic rings. The van der Waals surface area contributed by atoms with E-state index in [0.29, 0.717) is 12.8 Å². The van der Waals surface area contributed by atoms with E-state index in [2.05, 4.69) is 0 Å². The number of benzene rings is 1. The lowest BCUT2D eigenvalue weighted by atomic mass is 9.91. The van der Waals surface area contributed by atoms with Crippen molar-refractivity contribution >= 4 is 5.97 Å². The number of carbonyl (C=O) groups excluding carboxylic acids is 1. The average Bonchev–Trinajstić information content (AvgIpc) is 2.69. The van der Waals surface area contributed by atoms with E-state index in [1.807, 2.05) is 18.2 Å². The Morgan fingerprint density at radius 1 is 1.32 bits per heavy atom. The van der Waals surface area contributed by atoms with Crippen LogP contribution in [0.4, 0.5) is 8.78 Å². The molecule has 1 aromatic rings. The van der Waals surface area contributed by atoms with Crippen molar-refractivity contribution in [2.75, 3.05) is 7.11 Å². The predicted molar refractivity (Wildman–Crippen MR) is 84.0 cm³/mol. The molecular formula is C18H22F2O5. The first-order valence-corrected chi connectivity index (χ1v) is 8.33. The van der Waals surface area contributed by atoms with Gasteiger partial charge in [0.05, 0.1) is 6.61 Å². The standard InChI is InChI=1S/C18H22F2O5/c1-12(21)24-14-9-6-10-17(22-2)18(19,20)16(15(14)25-17)23-11-13-7-4-3-5-8-13/h3-5,7-8,14-16H,6,9-11H2,1-2H3/t14-,15-,16-,17+/m0/s1. The number of hydrogen-bond donors (Lipinski definition) is 0. The quantitative estimate of drug-likeness (QED) is 0.759. The predicted octanol–water partition coefficient (Wildman–Crippen LogP) is 3.06. The maximum absolute atomic E-state index is 15.1. The number of ether oxygens (including phenoxy) is 4. The largest absolute Gasteiger partial charge is 0.460 e. The van der Waals surface area contributed by atoms with Crippen LogP contribution >= 0.6 is 0 Å². The van der Waals surface area contributed by atoms with Gasteiger partial charge in [-0.15, -0.1) is 0 Å². The fourth-order valence-corrected chi connectivity index (χ4v) is 3.57. The van der Waals surface area contributed by atoms with E-state index in [1.165, 1.54) is 14.0 Å². The smallest absolute Gasteiger partial charge is 0.328 e. The van der Waals surface area contributed by atoms with Crippen molar-refractivity contribution < 1.29 is 32.5 Å². The number of rotatable bonds is 5. The van der Waals surface area contributed by atoms with Gasteiger partial charge in [0, 0.05) is 20.5 Å². The Morgan fingerprint density at radius 2 is 2.04 bits per heavy atom. The van der Waals surface area contributed by atoms with Crippen LogP contribution in [0.2, 0.25) is 0 Å². The lowest BCUT2D eigenvalue weighted by Crippen LogP contribution is -2.53. The van der Waals surface area contributed by atoms with Crippen molar-refractivity contribution in [3.8, 4) is 0 Å². The molecule has 5 nitrogen and oxygen atoms in total. The van der Waals surface area contributed by atoms with Crippen LogP contribution in [0.1, 0.15) is 31.7 Å². The molecule has 2 saturated heterocycles. The highest BCUT2D eigenvalue weighted by molar-refractivity contribution is 5.66. The molecule has 0 aromatic heterocycles. The number of methoxy groups -OCH3 is 1. The summed E-state index contributed by atoms with van der Waals surface area (Å²) in [5.41, 5.74) is 0.771. The minimum absolute atomic E-state index is 0.00748. The number of alkyl halides is 2. The van der Waals surface area contributed by atoms with Crippen molar-refractivity contribution in [1.82, 2.24) is 0 Å². The Bertz CT molecular complexity index is 609. The Morgan fingerprint density at radius 3 is 2.68 bits per heavy atom. The highest BCUT2D eigenvalue weighted by Gasteiger charge is 2.72. The van der Waals surface area contributed by atoms with Gasteiger partial charge in [0.1, 0.15) is 12.2 Å². The normalized spacial score (nSPS) is 33.7. The first kappa shape index (κ1) is 18.2. The molecule has 2 aliphatic heterocycles. The third-order valence-electron chi connectivity index (χ3n) is 4.77. The maximum Gasteiger partial charge on any atom is 0.328 e. The van der Waals surface area contributed by atoms with Gasteiger partial charge in [-0.3, -0.25) is 4.79 Å². The van der Waals surface area contributed by atoms with Gasteiger partial charge in [-0.2, -0.15) is 8.78 Å². The Balaban J connectivity index is 1.86. The van der Waals surface area contributed by atoms with Gasteiger partial charge in [0.15, 0.2) is 6.10 Å². The van der Waals surface area contributed by atoms with E-state index in [1.54, 1.807) is 12.1 Å². The number of carbonyl (C=O) groups is 1. The van der Waals surface area contributed by atoms with Crippen LogP contribution in [0, 0.1) is 0 Å². The SMILES string of the molecule is CO[C@]12CCC[C@H](OC(C)=O)[C@H](O1)[C@H](OCc1ccccc1)C2(F)F. The van der Waals surface area contributed by atoms with Crippen molar-refractivity contribution in [3.05, 3.63) is 35.9 Å². The van der Waals surface area contributed by atoms with Crippen molar-refractivity contribution in [3.63, 3.8) is 0 Å². The Kier molecular flexibility index (Phi) is 5.09. The minimum atomic E-state index is -3.36. The van der Waals surface area contributed by atoms with Crippen molar-refractivity contribution in [2.45, 2.75) is 62.8 Å². The lowest BCUT2D eigenvalue weighted by molar-refractivity contribution is -0.302. The van der Waals surface area contributed by atoms with E-state index >= 15 is 8.78 Å². The number of esters is 1. The molecule has 0 amide bonds. The van der Waals surface area contributed by atoms with E-state index in [-0.39, 0.29) is 13.0 Å². The molecule has 4 atom stereocenters. The van der Waals surface area contributed by atoms with Gasteiger partial charge in [-0.05, 0) is 18.4 Å². The molecule has 0 unspecified atom stereocenters. The average molecular weight is 356 g/mol. The molecule has 2 heterocycles. The van der Waals surface area contributed by atoms with Crippen molar-refractivity contribution in [1.29, 1.82) is 0 Å². The van der Waals surface area contributed by atoms with Gasteiger partial charge in [-0.25, -0.2) is 0 Å². The molecule has 0 N–H and O–H groups in total. The fourth-order valence-electron chi connectivity index (χ4n) is 3.57. The lowest BCUT2D eigenvalue weighted by Gasteiger charge is -2.34. The molecule has 2 fully saturated rings. The van der Waals surface area contributed by atoms with Gasteiger partial charge < -0.3 is 18.9 Å². The summed E-state index contributed by atoms with van der Waals surface area (Å²) in [5, 5.41) is 0. The van der Waals surface area contributed by atoms with Crippen LogP contribution < -0.4 is 0 Å². The highest BCUT2D eigenvalue weighted by Crippen LogP contribution is 2.52. The second kappa shape index (κ2) is 6.97. The van der Waals surface area contributed by atoms with Crippen LogP contribution in [-0.4, -0.2) is 43.1 Å². The van der Waals surface area contributed by atoms with E-state index in [9.17, 15) is 4.79 Å². The molecule has 7 heteroatoms. The summed E-state index contributed by atoms with van der Waals surface area (Å²) in [7, 11) is 1.21. The molecule has 25 heavy (non-hydrogen) atoms. The van der Waals surface area contributed by atoms with Crippen LogP contribution in [0.5, 0.6) is 0 Å². The summed E-state index contributed by atoms with van der Waals surface area (Å²) in [6.45, 7) is 1.26. The zero-order valence-electron chi connectivity index (χ0n) is 14.2. The van der Waals surface area contributed by atoms with Crippen LogP contribution in [0.3, 0.4) is 0 Å². The number of fused-ring (bicyclic) bond motifs is 2. The highest BCUT2D eigenvalue weighted by atomic mass is 19.3. The Labute approximate surface area is 145 Å². The summed E-state index contributed by atoms with van der Waals surface area (Å²) in [6, 6.07) is 9.04. The second-order valence-corrected chi connectivity index (χ2v) is 6.42. The zero-order valence-corrected chi connectivity index (χ0v) is 14.2. The maximum atomic E-state index is 15.1. The number of hydrogen-bond acceptors (Lipinski definition) is 5. The molecular weight excluding hydrogens is 334 g/mol. The van der Waals surface area contributed by atoms with Crippen LogP contribution in [0.15, 0.2) is 30.3 Å². The molecule has 1 aromatic carbocycles. The molecule has 0 spiro atoms. The van der Waals surface area contributed by atoms with E-state index < -0.39 is 36.0 Å². The summed E-state index contributed by atoms with van der Waals surface area (Å²) in [6.07, 6.45) is -2.58. The Hall–Kier alpha value is -1.57. The topological polar surface area (TPSA) is 54.0 Å². The van der Waals surface area contributed by atoms with E-state index in [4.69, 9.17) is 18.9 Å². The molecule has 0 radical (unpaired) electrons. The first-order valence-electron chi connectivity index (χ1n) is 8.33. The van der Waals surface area contributed by atoms with Gasteiger partial charge >= 0.3 is 11.9 Å². The summed E-state index contributed by atoms with van der Waals surface area (Å²) < 4.78 is 51.7. The second-order valence-electron chi connectivity index (χ2n) is 6.42. The zero-order chi connectivity index (χ0) is 18.1. The summed E-state index contributed by atoms with van der Waals surface area (Å²) >= 11 is 0. The summed E-state index contributed by atoms with van der Waals surface area (Å²) in [5.74, 6) is -5.94. The third-order valence-corrected chi connectivity index (χ3v) is 4.77. The minimum Gasteiger partial charge on any atom is -0.460 e.